The molecule has 0 radical (unpaired) electrons. The molecule has 28 heavy (non-hydrogen) atoms. The molecule has 1 aliphatic rings. The second-order valence-electron chi connectivity index (χ2n) is 7.98. The third kappa shape index (κ3) is 2.56. The minimum Gasteiger partial charge on any atom is -0.497 e. The summed E-state index contributed by atoms with van der Waals surface area (Å²) in [6, 6.07) is 28.1. The van der Waals surface area contributed by atoms with Crippen molar-refractivity contribution < 1.29 is 4.74 Å². The van der Waals surface area contributed by atoms with Crippen molar-refractivity contribution in [3.8, 4) is 16.9 Å². The summed E-state index contributed by atoms with van der Waals surface area (Å²) < 4.78 is 5.32. The average Bonchev–Trinajstić information content (AvgIpc) is 2.95. The molecule has 0 saturated carbocycles. The number of rotatable bonds is 3. The van der Waals surface area contributed by atoms with Crippen molar-refractivity contribution in [3.05, 3.63) is 90.0 Å². The van der Waals surface area contributed by atoms with E-state index in [0.717, 1.165) is 17.1 Å². The molecule has 138 valence electrons. The van der Waals surface area contributed by atoms with Gasteiger partial charge in [-0.25, -0.2) is 0 Å². The van der Waals surface area contributed by atoms with Gasteiger partial charge in [0, 0.05) is 16.8 Å². The molecule has 0 aromatic heterocycles. The van der Waals surface area contributed by atoms with E-state index in [9.17, 15) is 0 Å². The van der Waals surface area contributed by atoms with Crippen molar-refractivity contribution in [2.75, 3.05) is 12.4 Å². The van der Waals surface area contributed by atoms with Gasteiger partial charge in [0.25, 0.3) is 0 Å². The van der Waals surface area contributed by atoms with Crippen molar-refractivity contribution in [1.29, 1.82) is 0 Å². The van der Waals surface area contributed by atoms with Crippen LogP contribution in [-0.4, -0.2) is 7.11 Å². The molecule has 0 aliphatic heterocycles. The van der Waals surface area contributed by atoms with Crippen LogP contribution in [0.2, 0.25) is 0 Å². The Hall–Kier alpha value is -3.26. The molecule has 0 spiro atoms. The van der Waals surface area contributed by atoms with E-state index in [0.29, 0.717) is 0 Å². The number of ether oxygens (including phenoxy) is 1. The Morgan fingerprint density at radius 1 is 0.679 bits per heavy atom. The van der Waals surface area contributed by atoms with Crippen LogP contribution in [0.1, 0.15) is 25.0 Å². The van der Waals surface area contributed by atoms with Crippen molar-refractivity contribution in [1.82, 2.24) is 0 Å². The first-order valence-corrected chi connectivity index (χ1v) is 9.65. The Morgan fingerprint density at radius 2 is 1.36 bits per heavy atom. The molecule has 0 amide bonds. The van der Waals surface area contributed by atoms with Gasteiger partial charge in [0.05, 0.1) is 7.11 Å². The second-order valence-corrected chi connectivity index (χ2v) is 7.98. The molecule has 1 N–H and O–H groups in total. The molecule has 0 atom stereocenters. The highest BCUT2D eigenvalue weighted by atomic mass is 16.5. The Bertz CT molecular complexity index is 1210. The van der Waals surface area contributed by atoms with E-state index in [1.807, 2.05) is 6.07 Å². The third-order valence-corrected chi connectivity index (χ3v) is 5.92. The molecular formula is C26H23NO. The molecule has 0 bridgehead atoms. The van der Waals surface area contributed by atoms with Gasteiger partial charge in [-0.3, -0.25) is 0 Å². The third-order valence-electron chi connectivity index (χ3n) is 5.92. The highest BCUT2D eigenvalue weighted by Crippen LogP contribution is 2.49. The van der Waals surface area contributed by atoms with E-state index in [-0.39, 0.29) is 5.41 Å². The summed E-state index contributed by atoms with van der Waals surface area (Å²) in [4.78, 5) is 0. The first-order valence-electron chi connectivity index (χ1n) is 9.65. The van der Waals surface area contributed by atoms with Gasteiger partial charge in [0.2, 0.25) is 0 Å². The van der Waals surface area contributed by atoms with Gasteiger partial charge in [0.15, 0.2) is 0 Å². The minimum atomic E-state index is 0.0174. The molecule has 0 fully saturated rings. The predicted molar refractivity (Wildman–Crippen MR) is 118 cm³/mol. The van der Waals surface area contributed by atoms with Crippen LogP contribution in [-0.2, 0) is 5.41 Å². The van der Waals surface area contributed by atoms with Gasteiger partial charge in [-0.1, -0.05) is 56.3 Å². The number of hydrogen-bond donors (Lipinski definition) is 1. The van der Waals surface area contributed by atoms with Crippen LogP contribution < -0.4 is 10.1 Å². The van der Waals surface area contributed by atoms with Crippen LogP contribution in [0.5, 0.6) is 5.75 Å². The van der Waals surface area contributed by atoms with Gasteiger partial charge in [-0.05, 0) is 69.4 Å². The maximum Gasteiger partial charge on any atom is 0.119 e. The zero-order valence-corrected chi connectivity index (χ0v) is 16.4. The van der Waals surface area contributed by atoms with Crippen molar-refractivity contribution in [3.63, 3.8) is 0 Å². The summed E-state index contributed by atoms with van der Waals surface area (Å²) in [6.45, 7) is 4.62. The maximum absolute atomic E-state index is 5.32. The Labute approximate surface area is 165 Å². The summed E-state index contributed by atoms with van der Waals surface area (Å²) >= 11 is 0. The zero-order valence-electron chi connectivity index (χ0n) is 16.4. The van der Waals surface area contributed by atoms with E-state index in [1.54, 1.807) is 7.11 Å². The largest absolute Gasteiger partial charge is 0.497 e. The predicted octanol–water partition coefficient (Wildman–Crippen LogP) is 6.90. The Kier molecular flexibility index (Phi) is 3.70. The fourth-order valence-electron chi connectivity index (χ4n) is 4.38. The second kappa shape index (κ2) is 6.13. The minimum absolute atomic E-state index is 0.0174. The lowest BCUT2D eigenvalue weighted by atomic mass is 9.82. The smallest absolute Gasteiger partial charge is 0.119 e. The van der Waals surface area contributed by atoms with Crippen molar-refractivity contribution in [2.24, 2.45) is 0 Å². The lowest BCUT2D eigenvalue weighted by Gasteiger charge is -2.22. The van der Waals surface area contributed by atoms with Crippen molar-refractivity contribution >= 4 is 22.1 Å². The highest BCUT2D eigenvalue weighted by molar-refractivity contribution is 5.88. The SMILES string of the molecule is COc1ccc2cc(Nc3ccc4c(c3)C(C)(C)c3ccccc3-4)ccc2c1. The molecule has 0 unspecified atom stereocenters. The molecule has 2 heteroatoms. The molecule has 4 aromatic rings. The molecule has 0 saturated heterocycles. The molecule has 0 heterocycles. The summed E-state index contributed by atoms with van der Waals surface area (Å²) in [5, 5.41) is 5.96. The van der Waals surface area contributed by atoms with Crippen LogP contribution >= 0.6 is 0 Å². The molecule has 2 nitrogen and oxygen atoms in total. The zero-order chi connectivity index (χ0) is 19.3. The quantitative estimate of drug-likeness (QED) is 0.426. The monoisotopic (exact) mass is 365 g/mol. The first kappa shape index (κ1) is 16.9. The first-order chi connectivity index (χ1) is 13.6. The maximum atomic E-state index is 5.32. The van der Waals surface area contributed by atoms with Gasteiger partial charge in [-0.15, -0.1) is 0 Å². The number of anilines is 2. The lowest BCUT2D eigenvalue weighted by molar-refractivity contribution is 0.415. The van der Waals surface area contributed by atoms with Crippen LogP contribution in [0.3, 0.4) is 0 Å². The lowest BCUT2D eigenvalue weighted by Crippen LogP contribution is -2.15. The number of methoxy groups -OCH3 is 1. The number of hydrogen-bond acceptors (Lipinski definition) is 2. The van der Waals surface area contributed by atoms with E-state index in [2.05, 4.69) is 92.0 Å². The number of nitrogens with one attached hydrogen (secondary N) is 1. The molecular weight excluding hydrogens is 342 g/mol. The average molecular weight is 365 g/mol. The van der Waals surface area contributed by atoms with E-state index < -0.39 is 0 Å². The normalized spacial score (nSPS) is 13.8. The van der Waals surface area contributed by atoms with E-state index in [1.165, 1.54) is 33.0 Å². The fraction of sp³-hybridized carbons (Fsp3) is 0.154. The molecule has 4 aromatic carbocycles. The van der Waals surface area contributed by atoms with Crippen LogP contribution in [0, 0.1) is 0 Å². The molecule has 5 rings (SSSR count). The summed E-state index contributed by atoms with van der Waals surface area (Å²) in [5.74, 6) is 0.883. The Balaban J connectivity index is 1.51. The number of fused-ring (bicyclic) bond motifs is 4. The number of benzene rings is 4. The molecule has 1 aliphatic carbocycles. The summed E-state index contributed by atoms with van der Waals surface area (Å²) in [5.41, 5.74) is 7.71. The van der Waals surface area contributed by atoms with Gasteiger partial charge in [0.1, 0.15) is 5.75 Å². The van der Waals surface area contributed by atoms with Gasteiger partial charge >= 0.3 is 0 Å². The standard InChI is InChI=1S/C26H23NO/c1-26(2)24-7-5-4-6-22(24)23-13-11-20(16-25(23)26)27-19-10-8-18-15-21(28-3)12-9-17(18)14-19/h4-16,27H,1-3H3. The van der Waals surface area contributed by atoms with Gasteiger partial charge in [-0.2, -0.15) is 0 Å². The summed E-state index contributed by atoms with van der Waals surface area (Å²) in [6.07, 6.45) is 0. The van der Waals surface area contributed by atoms with Crippen LogP contribution in [0.25, 0.3) is 21.9 Å². The van der Waals surface area contributed by atoms with Crippen molar-refractivity contribution in [2.45, 2.75) is 19.3 Å². The van der Waals surface area contributed by atoms with Crippen LogP contribution in [0.4, 0.5) is 11.4 Å². The van der Waals surface area contributed by atoms with Crippen LogP contribution in [0.15, 0.2) is 78.9 Å². The Morgan fingerprint density at radius 3 is 2.21 bits per heavy atom. The highest BCUT2D eigenvalue weighted by Gasteiger charge is 2.35. The van der Waals surface area contributed by atoms with E-state index in [4.69, 9.17) is 4.74 Å². The van der Waals surface area contributed by atoms with Gasteiger partial charge < -0.3 is 10.1 Å². The fourth-order valence-corrected chi connectivity index (χ4v) is 4.38. The van der Waals surface area contributed by atoms with E-state index >= 15 is 0 Å². The topological polar surface area (TPSA) is 21.3 Å². The summed E-state index contributed by atoms with van der Waals surface area (Å²) in [7, 11) is 1.70.